The van der Waals surface area contributed by atoms with Crippen LogP contribution >= 0.6 is 11.8 Å². The third kappa shape index (κ3) is 5.75. The lowest BCUT2D eigenvalue weighted by molar-refractivity contribution is -0.123. The lowest BCUT2D eigenvalue weighted by Crippen LogP contribution is -2.44. The molecule has 1 fully saturated rings. The van der Waals surface area contributed by atoms with Gasteiger partial charge in [-0.1, -0.05) is 56.7 Å². The molecule has 2 aromatic carbocycles. The van der Waals surface area contributed by atoms with E-state index in [9.17, 15) is 9.59 Å². The molecule has 0 spiro atoms. The summed E-state index contributed by atoms with van der Waals surface area (Å²) in [5, 5.41) is 7.52. The summed E-state index contributed by atoms with van der Waals surface area (Å²) in [6, 6.07) is 14.6. The molecule has 5 rings (SSSR count). The van der Waals surface area contributed by atoms with Crippen LogP contribution in [0.1, 0.15) is 61.2 Å². The highest BCUT2D eigenvalue weighted by Gasteiger charge is 2.40. The molecule has 1 N–H and O–H groups in total. The van der Waals surface area contributed by atoms with Gasteiger partial charge < -0.3 is 10.1 Å². The molecule has 0 bridgehead atoms. The number of anilines is 1. The number of nitrogens with one attached hydrogen (secondary N) is 1. The number of aromatic nitrogens is 2. The third-order valence-electron chi connectivity index (χ3n) is 7.12. The number of hydrogen-bond donors (Lipinski definition) is 1. The summed E-state index contributed by atoms with van der Waals surface area (Å²) >= 11 is 1.37. The van der Waals surface area contributed by atoms with Crippen LogP contribution in [0, 0.1) is 12.7 Å². The fraction of sp³-hybridized carbons (Fsp3) is 0.433. The smallest absolute Gasteiger partial charge is 0.240 e. The Labute approximate surface area is 233 Å². The Balaban J connectivity index is 1.66. The van der Waals surface area contributed by atoms with Crippen LogP contribution in [0.25, 0.3) is 5.69 Å². The van der Waals surface area contributed by atoms with Crippen molar-refractivity contribution >= 4 is 29.4 Å². The second-order valence-electron chi connectivity index (χ2n) is 11.2. The Morgan fingerprint density at radius 3 is 2.59 bits per heavy atom. The van der Waals surface area contributed by atoms with E-state index in [0.717, 1.165) is 35.3 Å². The number of halogens is 1. The summed E-state index contributed by atoms with van der Waals surface area (Å²) in [6.45, 7) is 9.13. The van der Waals surface area contributed by atoms with Crippen molar-refractivity contribution in [3.63, 3.8) is 0 Å². The number of carbonyl (C=O) groups is 2. The molecular formula is C30H35FN4O3S. The summed E-state index contributed by atoms with van der Waals surface area (Å²) < 4.78 is 22.6. The average Bonchev–Trinajstić information content (AvgIpc) is 3.53. The van der Waals surface area contributed by atoms with Crippen molar-refractivity contribution in [3.8, 4) is 5.69 Å². The van der Waals surface area contributed by atoms with Crippen LogP contribution in [-0.4, -0.2) is 53.1 Å². The van der Waals surface area contributed by atoms with E-state index in [1.807, 2.05) is 37.3 Å². The first-order chi connectivity index (χ1) is 18.6. The van der Waals surface area contributed by atoms with Gasteiger partial charge in [0, 0.05) is 29.7 Å². The van der Waals surface area contributed by atoms with Crippen molar-refractivity contribution in [3.05, 3.63) is 76.7 Å². The minimum absolute atomic E-state index is 0.00378. The predicted molar refractivity (Wildman–Crippen MR) is 152 cm³/mol. The standard InChI is InChI=1S/C30H35FN4O3S/c1-19-11-13-20(14-12-19)35-29-26(28(33-35)30(2,3)4)27(22-9-5-6-10-23(22)31)39-18-25(37)34(29)17-24(36)32-16-21-8-7-15-38-21/h5-6,9-14,21,27H,7-8,15-18H2,1-4H3,(H,32,36)/t21-,27+/m0/s1. The lowest BCUT2D eigenvalue weighted by atomic mass is 9.87. The summed E-state index contributed by atoms with van der Waals surface area (Å²) in [7, 11) is 0. The van der Waals surface area contributed by atoms with Crippen molar-refractivity contribution < 1.29 is 18.7 Å². The molecule has 7 nitrogen and oxygen atoms in total. The van der Waals surface area contributed by atoms with E-state index in [0.29, 0.717) is 24.5 Å². The molecular weight excluding hydrogens is 515 g/mol. The van der Waals surface area contributed by atoms with Crippen molar-refractivity contribution in [1.29, 1.82) is 0 Å². The van der Waals surface area contributed by atoms with Gasteiger partial charge in [0.15, 0.2) is 0 Å². The molecule has 1 aromatic heterocycles. The molecule has 0 aliphatic carbocycles. The van der Waals surface area contributed by atoms with Crippen LogP contribution in [0.5, 0.6) is 0 Å². The van der Waals surface area contributed by atoms with E-state index < -0.39 is 10.7 Å². The number of nitrogens with zero attached hydrogens (tertiary/aromatic N) is 3. The van der Waals surface area contributed by atoms with Gasteiger partial charge in [-0.3, -0.25) is 14.5 Å². The normalized spacial score (nSPS) is 19.6. The summed E-state index contributed by atoms with van der Waals surface area (Å²) in [6.07, 6.45) is 1.88. The Bertz CT molecular complexity index is 1360. The second kappa shape index (κ2) is 11.1. The molecule has 2 atom stereocenters. The number of amides is 2. The number of rotatable bonds is 6. The molecule has 206 valence electrons. The van der Waals surface area contributed by atoms with Gasteiger partial charge in [-0.25, -0.2) is 9.07 Å². The van der Waals surface area contributed by atoms with E-state index in [4.69, 9.17) is 9.84 Å². The van der Waals surface area contributed by atoms with Crippen molar-refractivity contribution in [1.82, 2.24) is 15.1 Å². The Morgan fingerprint density at radius 2 is 1.92 bits per heavy atom. The average molecular weight is 551 g/mol. The van der Waals surface area contributed by atoms with Crippen molar-refractivity contribution in [2.45, 2.75) is 57.3 Å². The molecule has 0 unspecified atom stereocenters. The number of aryl methyl sites for hydroxylation is 1. The summed E-state index contributed by atoms with van der Waals surface area (Å²) in [5.41, 5.74) is 3.47. The predicted octanol–water partition coefficient (Wildman–Crippen LogP) is 5.08. The Kier molecular flexibility index (Phi) is 7.82. The zero-order valence-corrected chi connectivity index (χ0v) is 23.7. The summed E-state index contributed by atoms with van der Waals surface area (Å²) in [4.78, 5) is 28.4. The van der Waals surface area contributed by atoms with Gasteiger partial charge >= 0.3 is 0 Å². The van der Waals surface area contributed by atoms with Gasteiger partial charge in [-0.2, -0.15) is 5.10 Å². The fourth-order valence-corrected chi connectivity index (χ4v) is 6.32. The van der Waals surface area contributed by atoms with E-state index in [-0.39, 0.29) is 36.0 Å². The van der Waals surface area contributed by atoms with Crippen LogP contribution in [-0.2, 0) is 19.7 Å². The number of carbonyl (C=O) groups excluding carboxylic acids is 2. The van der Waals surface area contributed by atoms with E-state index >= 15 is 4.39 Å². The zero-order valence-electron chi connectivity index (χ0n) is 22.9. The lowest BCUT2D eigenvalue weighted by Gasteiger charge is -2.25. The maximum absolute atomic E-state index is 15.2. The molecule has 2 amide bonds. The SMILES string of the molecule is Cc1ccc(-n2nc(C(C)(C)C)c3c2N(CC(=O)NC[C@@H]2CCCO2)C(=O)CS[C@@H]3c2ccccc2F)cc1. The van der Waals surface area contributed by atoms with Crippen molar-refractivity contribution in [2.75, 3.05) is 30.3 Å². The minimum Gasteiger partial charge on any atom is -0.376 e. The quantitative estimate of drug-likeness (QED) is 0.463. The van der Waals surface area contributed by atoms with Gasteiger partial charge in [0.2, 0.25) is 11.8 Å². The first-order valence-corrected chi connectivity index (χ1v) is 14.4. The van der Waals surface area contributed by atoms with Crippen LogP contribution in [0.2, 0.25) is 0 Å². The second-order valence-corrected chi connectivity index (χ2v) is 12.3. The van der Waals surface area contributed by atoms with Gasteiger partial charge in [0.05, 0.1) is 28.5 Å². The molecule has 0 saturated carbocycles. The first kappa shape index (κ1) is 27.4. The van der Waals surface area contributed by atoms with E-state index in [1.165, 1.54) is 22.7 Å². The molecule has 2 aliphatic heterocycles. The first-order valence-electron chi connectivity index (χ1n) is 13.4. The highest BCUT2D eigenvalue weighted by molar-refractivity contribution is 8.00. The Hall–Kier alpha value is -3.17. The zero-order chi connectivity index (χ0) is 27.7. The van der Waals surface area contributed by atoms with Gasteiger partial charge in [-0.05, 0) is 38.0 Å². The van der Waals surface area contributed by atoms with Crippen molar-refractivity contribution in [2.24, 2.45) is 0 Å². The molecule has 3 aromatic rings. The van der Waals surface area contributed by atoms with Crippen LogP contribution < -0.4 is 10.2 Å². The van der Waals surface area contributed by atoms with E-state index in [1.54, 1.807) is 16.8 Å². The number of benzene rings is 2. The maximum Gasteiger partial charge on any atom is 0.240 e. The van der Waals surface area contributed by atoms with E-state index in [2.05, 4.69) is 26.1 Å². The number of fused-ring (bicyclic) bond motifs is 1. The van der Waals surface area contributed by atoms with Crippen LogP contribution in [0.3, 0.4) is 0 Å². The van der Waals surface area contributed by atoms with Gasteiger partial charge in [0.1, 0.15) is 18.2 Å². The highest BCUT2D eigenvalue weighted by Crippen LogP contribution is 2.48. The largest absolute Gasteiger partial charge is 0.376 e. The number of thioether (sulfide) groups is 1. The molecule has 2 aliphatic rings. The fourth-order valence-electron chi connectivity index (χ4n) is 5.10. The molecule has 9 heteroatoms. The van der Waals surface area contributed by atoms with Crippen LogP contribution in [0.15, 0.2) is 48.5 Å². The minimum atomic E-state index is -0.474. The topological polar surface area (TPSA) is 76.5 Å². The van der Waals surface area contributed by atoms with Gasteiger partial charge in [-0.15, -0.1) is 11.8 Å². The molecule has 0 radical (unpaired) electrons. The monoisotopic (exact) mass is 550 g/mol. The molecule has 39 heavy (non-hydrogen) atoms. The maximum atomic E-state index is 15.2. The summed E-state index contributed by atoms with van der Waals surface area (Å²) in [5.74, 6) is -0.211. The third-order valence-corrected chi connectivity index (χ3v) is 8.35. The molecule has 3 heterocycles. The number of hydrogen-bond acceptors (Lipinski definition) is 5. The number of ether oxygens (including phenoxy) is 1. The van der Waals surface area contributed by atoms with Gasteiger partial charge in [0.25, 0.3) is 0 Å². The van der Waals surface area contributed by atoms with Crippen LogP contribution in [0.4, 0.5) is 10.2 Å². The highest BCUT2D eigenvalue weighted by atomic mass is 32.2. The molecule has 1 saturated heterocycles. The Morgan fingerprint density at radius 1 is 1.18 bits per heavy atom.